The van der Waals surface area contributed by atoms with Gasteiger partial charge in [-0.15, -0.1) is 10.2 Å². The first kappa shape index (κ1) is 18.8. The van der Waals surface area contributed by atoms with Gasteiger partial charge in [-0.3, -0.25) is 14.5 Å². The van der Waals surface area contributed by atoms with E-state index in [1.807, 2.05) is 0 Å². The van der Waals surface area contributed by atoms with Crippen LogP contribution in [0.2, 0.25) is 0 Å². The van der Waals surface area contributed by atoms with E-state index in [9.17, 15) is 14.0 Å². The Balaban J connectivity index is 1.35. The lowest BCUT2D eigenvalue weighted by Gasteiger charge is -2.31. The van der Waals surface area contributed by atoms with Crippen LogP contribution < -0.4 is 15.1 Å². The summed E-state index contributed by atoms with van der Waals surface area (Å²) in [7, 11) is 0. The van der Waals surface area contributed by atoms with E-state index < -0.39 is 0 Å². The number of hydrogen-bond acceptors (Lipinski definition) is 6. The first-order valence-electron chi connectivity index (χ1n) is 9.51. The molecule has 28 heavy (non-hydrogen) atoms. The minimum atomic E-state index is -0.306. The third-order valence-corrected chi connectivity index (χ3v) is 6.13. The van der Waals surface area contributed by atoms with Gasteiger partial charge < -0.3 is 10.2 Å². The Morgan fingerprint density at radius 2 is 2.11 bits per heavy atom. The van der Waals surface area contributed by atoms with Crippen LogP contribution in [0.3, 0.4) is 0 Å². The Morgan fingerprint density at radius 1 is 1.25 bits per heavy atom. The third-order valence-electron chi connectivity index (χ3n) is 5.13. The van der Waals surface area contributed by atoms with Crippen molar-refractivity contribution in [3.63, 3.8) is 0 Å². The van der Waals surface area contributed by atoms with Crippen molar-refractivity contribution in [1.29, 1.82) is 0 Å². The van der Waals surface area contributed by atoms with E-state index in [0.717, 1.165) is 36.5 Å². The van der Waals surface area contributed by atoms with Crippen LogP contribution in [0.1, 0.15) is 31.2 Å². The predicted molar refractivity (Wildman–Crippen MR) is 105 cm³/mol. The summed E-state index contributed by atoms with van der Waals surface area (Å²) in [4.78, 5) is 28.2. The molecule has 7 nitrogen and oxygen atoms in total. The largest absolute Gasteiger partial charge is 0.352 e. The predicted octanol–water partition coefficient (Wildman–Crippen LogP) is 2.34. The SMILES string of the molecule is O=C(NCc1cccc(F)c1)C1CCCN(c2nnc(N3CCCC3=O)s2)C1. The van der Waals surface area contributed by atoms with Crippen LogP contribution in [0, 0.1) is 11.7 Å². The molecule has 1 unspecified atom stereocenters. The normalized spacial score (nSPS) is 19.9. The molecule has 2 aromatic rings. The summed E-state index contributed by atoms with van der Waals surface area (Å²) in [5, 5.41) is 12.7. The molecular formula is C19H22FN5O2S. The monoisotopic (exact) mass is 403 g/mol. The summed E-state index contributed by atoms with van der Waals surface area (Å²) in [6, 6.07) is 6.24. The average Bonchev–Trinajstić information content (AvgIpc) is 3.35. The third kappa shape index (κ3) is 4.14. The number of nitrogens with one attached hydrogen (secondary N) is 1. The molecule has 2 aliphatic heterocycles. The van der Waals surface area contributed by atoms with Crippen LogP contribution in [0.5, 0.6) is 0 Å². The molecule has 148 valence electrons. The summed E-state index contributed by atoms with van der Waals surface area (Å²) in [6.07, 6.45) is 3.11. The number of amides is 2. The van der Waals surface area contributed by atoms with Gasteiger partial charge in [0.05, 0.1) is 5.92 Å². The van der Waals surface area contributed by atoms with Crippen LogP contribution in [-0.2, 0) is 16.1 Å². The smallest absolute Gasteiger partial charge is 0.228 e. The van der Waals surface area contributed by atoms with E-state index in [-0.39, 0.29) is 23.5 Å². The fourth-order valence-electron chi connectivity index (χ4n) is 3.64. The molecule has 2 fully saturated rings. The summed E-state index contributed by atoms with van der Waals surface area (Å²) in [5.41, 5.74) is 0.741. The second kappa shape index (κ2) is 8.22. The lowest BCUT2D eigenvalue weighted by molar-refractivity contribution is -0.125. The number of aromatic nitrogens is 2. The summed E-state index contributed by atoms with van der Waals surface area (Å²) in [6.45, 7) is 2.39. The molecule has 9 heteroatoms. The van der Waals surface area contributed by atoms with E-state index in [1.54, 1.807) is 17.0 Å². The van der Waals surface area contributed by atoms with E-state index in [2.05, 4.69) is 20.4 Å². The van der Waals surface area contributed by atoms with Gasteiger partial charge in [0.2, 0.25) is 22.1 Å². The zero-order valence-corrected chi connectivity index (χ0v) is 16.3. The van der Waals surface area contributed by atoms with Gasteiger partial charge >= 0.3 is 0 Å². The van der Waals surface area contributed by atoms with Gasteiger partial charge in [0.25, 0.3) is 0 Å². The molecule has 0 radical (unpaired) electrons. The second-order valence-corrected chi connectivity index (χ2v) is 8.08. The topological polar surface area (TPSA) is 78.4 Å². The Hall–Kier alpha value is -2.55. The van der Waals surface area contributed by atoms with Gasteiger partial charge in [0, 0.05) is 32.6 Å². The number of carbonyl (C=O) groups is 2. The molecule has 1 atom stereocenters. The Labute approximate surface area is 166 Å². The molecule has 0 saturated carbocycles. The van der Waals surface area contributed by atoms with Crippen molar-refractivity contribution >= 4 is 33.4 Å². The van der Waals surface area contributed by atoms with Crippen LogP contribution in [0.15, 0.2) is 24.3 Å². The Morgan fingerprint density at radius 3 is 2.89 bits per heavy atom. The van der Waals surface area contributed by atoms with E-state index in [1.165, 1.54) is 23.5 Å². The molecule has 1 aromatic heterocycles. The molecule has 2 amide bonds. The second-order valence-electron chi connectivity index (χ2n) is 7.15. The van der Waals surface area contributed by atoms with Gasteiger partial charge in [-0.2, -0.15) is 0 Å². The minimum absolute atomic E-state index is 0.0339. The highest BCUT2D eigenvalue weighted by molar-refractivity contribution is 7.19. The molecule has 1 aromatic carbocycles. The van der Waals surface area contributed by atoms with Gasteiger partial charge in [-0.05, 0) is 37.0 Å². The van der Waals surface area contributed by atoms with Crippen molar-refractivity contribution in [2.24, 2.45) is 5.92 Å². The first-order valence-corrected chi connectivity index (χ1v) is 10.3. The number of hydrogen-bond donors (Lipinski definition) is 1. The fraction of sp³-hybridized carbons (Fsp3) is 0.474. The van der Waals surface area contributed by atoms with Crippen LogP contribution in [0.25, 0.3) is 0 Å². The number of carbonyl (C=O) groups excluding carboxylic acids is 2. The molecular weight excluding hydrogens is 381 g/mol. The molecule has 3 heterocycles. The number of piperidine rings is 1. The summed E-state index contributed by atoms with van der Waals surface area (Å²) < 4.78 is 13.3. The summed E-state index contributed by atoms with van der Waals surface area (Å²) in [5.74, 6) is -0.397. The number of halogens is 1. The summed E-state index contributed by atoms with van der Waals surface area (Å²) >= 11 is 1.40. The minimum Gasteiger partial charge on any atom is -0.352 e. The van der Waals surface area contributed by atoms with E-state index in [4.69, 9.17) is 0 Å². The molecule has 0 spiro atoms. The van der Waals surface area contributed by atoms with E-state index >= 15 is 0 Å². The number of benzene rings is 1. The molecule has 0 aliphatic carbocycles. The standard InChI is InChI=1S/C19H22FN5O2S/c20-15-6-1-4-13(10-15)11-21-17(27)14-5-2-8-24(12-14)18-22-23-19(28-18)25-9-3-7-16(25)26/h1,4,6,10,14H,2-3,5,7-9,11-12H2,(H,21,27). The van der Waals surface area contributed by atoms with Gasteiger partial charge in [-0.1, -0.05) is 23.5 Å². The Kier molecular flexibility index (Phi) is 5.52. The van der Waals surface area contributed by atoms with Crippen molar-refractivity contribution in [1.82, 2.24) is 15.5 Å². The van der Waals surface area contributed by atoms with Crippen LogP contribution >= 0.6 is 11.3 Å². The molecule has 2 aliphatic rings. The van der Waals surface area contributed by atoms with Gasteiger partial charge in [0.15, 0.2) is 0 Å². The first-order chi connectivity index (χ1) is 13.6. The highest BCUT2D eigenvalue weighted by atomic mass is 32.1. The number of rotatable bonds is 5. The highest BCUT2D eigenvalue weighted by Gasteiger charge is 2.30. The average molecular weight is 403 g/mol. The zero-order valence-electron chi connectivity index (χ0n) is 15.4. The van der Waals surface area contributed by atoms with Gasteiger partial charge in [-0.25, -0.2) is 4.39 Å². The maximum absolute atomic E-state index is 13.3. The highest BCUT2D eigenvalue weighted by Crippen LogP contribution is 2.32. The van der Waals surface area contributed by atoms with Crippen molar-refractivity contribution < 1.29 is 14.0 Å². The van der Waals surface area contributed by atoms with Crippen LogP contribution in [-0.4, -0.2) is 41.6 Å². The molecule has 0 bridgehead atoms. The lowest BCUT2D eigenvalue weighted by atomic mass is 9.97. The Bertz CT molecular complexity index is 874. The van der Waals surface area contributed by atoms with E-state index in [0.29, 0.717) is 31.2 Å². The molecule has 2 saturated heterocycles. The molecule has 1 N–H and O–H groups in total. The maximum Gasteiger partial charge on any atom is 0.228 e. The quantitative estimate of drug-likeness (QED) is 0.829. The van der Waals surface area contributed by atoms with Crippen molar-refractivity contribution in [2.45, 2.75) is 32.2 Å². The zero-order chi connectivity index (χ0) is 19.5. The lowest BCUT2D eigenvalue weighted by Crippen LogP contribution is -2.43. The number of nitrogens with zero attached hydrogens (tertiary/aromatic N) is 4. The van der Waals surface area contributed by atoms with Crippen molar-refractivity contribution in [2.75, 3.05) is 29.4 Å². The fourth-order valence-corrected chi connectivity index (χ4v) is 4.57. The van der Waals surface area contributed by atoms with Crippen molar-refractivity contribution in [3.8, 4) is 0 Å². The van der Waals surface area contributed by atoms with Crippen LogP contribution in [0.4, 0.5) is 14.7 Å². The van der Waals surface area contributed by atoms with Gasteiger partial charge in [0.1, 0.15) is 5.82 Å². The number of anilines is 2. The van der Waals surface area contributed by atoms with Crippen molar-refractivity contribution in [3.05, 3.63) is 35.6 Å². The molecule has 4 rings (SSSR count). The maximum atomic E-state index is 13.3.